The van der Waals surface area contributed by atoms with E-state index in [0.717, 1.165) is 18.4 Å². The Morgan fingerprint density at radius 1 is 0.952 bits per heavy atom. The molecular formula is C15H26Cl2N4. The van der Waals surface area contributed by atoms with Gasteiger partial charge in [0.15, 0.2) is 0 Å². The Labute approximate surface area is 139 Å². The van der Waals surface area contributed by atoms with E-state index in [0.29, 0.717) is 0 Å². The number of hydrogen-bond acceptors (Lipinski definition) is 4. The van der Waals surface area contributed by atoms with E-state index in [1.54, 1.807) is 6.33 Å². The van der Waals surface area contributed by atoms with E-state index in [1.807, 2.05) is 12.4 Å². The minimum absolute atomic E-state index is 0. The molecule has 0 bridgehead atoms. The third kappa shape index (κ3) is 5.37. The van der Waals surface area contributed by atoms with E-state index in [2.05, 4.69) is 20.2 Å². The van der Waals surface area contributed by atoms with Crippen molar-refractivity contribution < 1.29 is 0 Å². The number of nitrogens with zero attached hydrogens (tertiary/aromatic N) is 3. The van der Waals surface area contributed by atoms with Crippen LogP contribution in [0, 0.1) is 11.8 Å². The third-order valence-electron chi connectivity index (χ3n) is 4.70. The molecule has 3 rings (SSSR count). The molecule has 2 aliphatic rings. The van der Waals surface area contributed by atoms with Gasteiger partial charge in [-0.1, -0.05) is 0 Å². The molecule has 6 heteroatoms. The first-order valence-corrected chi connectivity index (χ1v) is 7.59. The van der Waals surface area contributed by atoms with E-state index >= 15 is 0 Å². The Bertz CT molecular complexity index is 377. The molecule has 1 aromatic rings. The zero-order chi connectivity index (χ0) is 12.9. The predicted molar refractivity (Wildman–Crippen MR) is 90.1 cm³/mol. The summed E-state index contributed by atoms with van der Waals surface area (Å²) in [6.45, 7) is 5.95. The van der Waals surface area contributed by atoms with Crippen molar-refractivity contribution in [2.24, 2.45) is 11.8 Å². The molecule has 4 nitrogen and oxygen atoms in total. The van der Waals surface area contributed by atoms with Crippen molar-refractivity contribution in [2.45, 2.75) is 32.2 Å². The van der Waals surface area contributed by atoms with Crippen LogP contribution in [0.25, 0.3) is 0 Å². The fraction of sp³-hybridized carbons (Fsp3) is 0.733. The van der Waals surface area contributed by atoms with E-state index in [-0.39, 0.29) is 24.8 Å². The maximum absolute atomic E-state index is 4.09. The van der Waals surface area contributed by atoms with Gasteiger partial charge < -0.3 is 5.32 Å². The third-order valence-corrected chi connectivity index (χ3v) is 4.70. The SMILES string of the molecule is Cl.Cl.c1ncc(CN2CCC(C3CCNCC3)CC2)cn1. The van der Waals surface area contributed by atoms with E-state index in [4.69, 9.17) is 0 Å². The topological polar surface area (TPSA) is 41.1 Å². The lowest BCUT2D eigenvalue weighted by molar-refractivity contribution is 0.125. The highest BCUT2D eigenvalue weighted by Gasteiger charge is 2.27. The number of hydrogen-bond donors (Lipinski definition) is 1. The molecule has 0 aliphatic carbocycles. The number of rotatable bonds is 3. The summed E-state index contributed by atoms with van der Waals surface area (Å²) >= 11 is 0. The first-order valence-electron chi connectivity index (χ1n) is 7.59. The first-order chi connectivity index (χ1) is 9.42. The second-order valence-electron chi connectivity index (χ2n) is 5.95. The van der Waals surface area contributed by atoms with Crippen LogP contribution in [0.4, 0.5) is 0 Å². The van der Waals surface area contributed by atoms with Crippen molar-refractivity contribution in [3.05, 3.63) is 24.3 Å². The van der Waals surface area contributed by atoms with Crippen LogP contribution in [0.5, 0.6) is 0 Å². The molecule has 1 N–H and O–H groups in total. The number of likely N-dealkylation sites (tertiary alicyclic amines) is 1. The second-order valence-corrected chi connectivity index (χ2v) is 5.95. The lowest BCUT2D eigenvalue weighted by atomic mass is 9.79. The van der Waals surface area contributed by atoms with Gasteiger partial charge in [-0.15, -0.1) is 24.8 Å². The summed E-state index contributed by atoms with van der Waals surface area (Å²) in [5.74, 6) is 1.94. The van der Waals surface area contributed by atoms with Gasteiger partial charge >= 0.3 is 0 Å². The molecule has 0 saturated carbocycles. The Balaban J connectivity index is 0.00000110. The lowest BCUT2D eigenvalue weighted by Crippen LogP contribution is -2.39. The van der Waals surface area contributed by atoms with Crippen molar-refractivity contribution in [3.8, 4) is 0 Å². The van der Waals surface area contributed by atoms with Crippen LogP contribution < -0.4 is 5.32 Å². The van der Waals surface area contributed by atoms with E-state index in [9.17, 15) is 0 Å². The lowest BCUT2D eigenvalue weighted by Gasteiger charge is -2.37. The monoisotopic (exact) mass is 332 g/mol. The molecule has 0 atom stereocenters. The second kappa shape index (κ2) is 9.57. The van der Waals surface area contributed by atoms with E-state index in [1.165, 1.54) is 57.4 Å². The molecule has 0 aromatic carbocycles. The summed E-state index contributed by atoms with van der Waals surface area (Å²) in [4.78, 5) is 10.7. The molecule has 120 valence electrons. The number of nitrogens with one attached hydrogen (secondary N) is 1. The maximum atomic E-state index is 4.09. The van der Waals surface area contributed by atoms with Crippen LogP contribution in [0.2, 0.25) is 0 Å². The minimum atomic E-state index is 0. The Morgan fingerprint density at radius 3 is 2.14 bits per heavy atom. The van der Waals surface area contributed by atoms with Crippen LogP contribution in [0.3, 0.4) is 0 Å². The molecule has 0 unspecified atom stereocenters. The predicted octanol–water partition coefficient (Wildman–Crippen LogP) is 2.53. The van der Waals surface area contributed by atoms with Crippen molar-refractivity contribution in [1.82, 2.24) is 20.2 Å². The van der Waals surface area contributed by atoms with E-state index < -0.39 is 0 Å². The molecule has 2 fully saturated rings. The summed E-state index contributed by atoms with van der Waals surface area (Å²) in [6, 6.07) is 0. The van der Waals surface area contributed by atoms with Gasteiger partial charge in [-0.3, -0.25) is 4.90 Å². The quantitative estimate of drug-likeness (QED) is 0.923. The van der Waals surface area contributed by atoms with Crippen molar-refractivity contribution >= 4 is 24.8 Å². The highest BCUT2D eigenvalue weighted by molar-refractivity contribution is 5.85. The fourth-order valence-corrected chi connectivity index (χ4v) is 3.57. The zero-order valence-electron chi connectivity index (χ0n) is 12.4. The summed E-state index contributed by atoms with van der Waals surface area (Å²) in [6.07, 6.45) is 11.0. The Kier molecular flexibility index (Phi) is 8.49. The molecule has 3 heterocycles. The molecule has 0 spiro atoms. The van der Waals surface area contributed by atoms with Crippen molar-refractivity contribution in [3.63, 3.8) is 0 Å². The van der Waals surface area contributed by atoms with Gasteiger partial charge in [0.1, 0.15) is 6.33 Å². The summed E-state index contributed by atoms with van der Waals surface area (Å²) in [7, 11) is 0. The fourth-order valence-electron chi connectivity index (χ4n) is 3.57. The molecule has 0 amide bonds. The normalized spacial score (nSPS) is 21.3. The molecule has 21 heavy (non-hydrogen) atoms. The zero-order valence-corrected chi connectivity index (χ0v) is 14.0. The number of aromatic nitrogens is 2. The Hall–Kier alpha value is -0.420. The van der Waals surface area contributed by atoms with Crippen LogP contribution in [-0.2, 0) is 6.54 Å². The van der Waals surface area contributed by atoms with Crippen LogP contribution in [0.1, 0.15) is 31.2 Å². The number of halogens is 2. The van der Waals surface area contributed by atoms with Crippen LogP contribution in [0.15, 0.2) is 18.7 Å². The van der Waals surface area contributed by atoms with Gasteiger partial charge in [-0.25, -0.2) is 9.97 Å². The van der Waals surface area contributed by atoms with Crippen LogP contribution in [-0.4, -0.2) is 41.0 Å². The maximum Gasteiger partial charge on any atom is 0.115 e. The van der Waals surface area contributed by atoms with Crippen molar-refractivity contribution in [1.29, 1.82) is 0 Å². The average molecular weight is 333 g/mol. The van der Waals surface area contributed by atoms with Gasteiger partial charge in [0.2, 0.25) is 0 Å². The van der Waals surface area contributed by atoms with Gasteiger partial charge in [-0.2, -0.15) is 0 Å². The molecule has 1 aromatic heterocycles. The summed E-state index contributed by atoms with van der Waals surface area (Å²) in [5.41, 5.74) is 1.24. The standard InChI is InChI=1S/C15H24N4.2ClH/c1-5-16-6-2-14(1)15-3-7-19(8-4-15)11-13-9-17-12-18-10-13;;/h9-10,12,14-16H,1-8,11H2;2*1H. The smallest absolute Gasteiger partial charge is 0.115 e. The minimum Gasteiger partial charge on any atom is -0.317 e. The molecular weight excluding hydrogens is 307 g/mol. The number of piperidine rings is 2. The molecule has 2 saturated heterocycles. The largest absolute Gasteiger partial charge is 0.317 e. The summed E-state index contributed by atoms with van der Waals surface area (Å²) < 4.78 is 0. The van der Waals surface area contributed by atoms with Gasteiger partial charge in [0.25, 0.3) is 0 Å². The van der Waals surface area contributed by atoms with Crippen molar-refractivity contribution in [2.75, 3.05) is 26.2 Å². The van der Waals surface area contributed by atoms with Gasteiger partial charge in [0, 0.05) is 24.5 Å². The Morgan fingerprint density at radius 2 is 1.52 bits per heavy atom. The molecule has 0 radical (unpaired) electrons. The van der Waals surface area contributed by atoms with Crippen LogP contribution >= 0.6 is 24.8 Å². The van der Waals surface area contributed by atoms with Gasteiger partial charge in [0.05, 0.1) is 0 Å². The summed E-state index contributed by atoms with van der Waals surface area (Å²) in [5, 5.41) is 3.47. The average Bonchev–Trinajstić information content (AvgIpc) is 2.50. The first kappa shape index (κ1) is 18.6. The van der Waals surface area contributed by atoms with Gasteiger partial charge in [-0.05, 0) is 63.7 Å². The highest BCUT2D eigenvalue weighted by Crippen LogP contribution is 2.31. The highest BCUT2D eigenvalue weighted by atomic mass is 35.5. The molecule has 2 aliphatic heterocycles.